The molecule has 0 bridgehead atoms. The van der Waals surface area contributed by atoms with E-state index in [9.17, 15) is 17.2 Å². The van der Waals surface area contributed by atoms with Gasteiger partial charge in [-0.1, -0.05) is 0 Å². The molecule has 21 heavy (non-hydrogen) atoms. The van der Waals surface area contributed by atoms with Crippen molar-refractivity contribution in [2.75, 3.05) is 31.9 Å². The fourth-order valence-electron chi connectivity index (χ4n) is 2.34. The van der Waals surface area contributed by atoms with Gasteiger partial charge in [-0.2, -0.15) is 4.31 Å². The molecule has 0 radical (unpaired) electrons. The van der Waals surface area contributed by atoms with E-state index in [-0.39, 0.29) is 18.8 Å². The molecule has 1 aromatic carbocycles. The Morgan fingerprint density at radius 2 is 1.67 bits per heavy atom. The van der Waals surface area contributed by atoms with Crippen molar-refractivity contribution in [2.24, 2.45) is 0 Å². The lowest BCUT2D eigenvalue weighted by atomic mass is 10.3. The molecule has 0 amide bonds. The van der Waals surface area contributed by atoms with E-state index >= 15 is 0 Å². The molecule has 1 aliphatic rings. The van der Waals surface area contributed by atoms with E-state index < -0.39 is 26.6 Å². The van der Waals surface area contributed by atoms with E-state index in [1.165, 1.54) is 4.31 Å². The van der Waals surface area contributed by atoms with E-state index in [0.717, 1.165) is 6.07 Å². The lowest BCUT2D eigenvalue weighted by molar-refractivity contribution is 0.154. The fraction of sp³-hybridized carbons (Fsp3) is 0.538. The number of sulfonamides is 1. The summed E-state index contributed by atoms with van der Waals surface area (Å²) in [6.07, 6.45) is 0. The number of halogens is 2. The second-order valence-corrected chi connectivity index (χ2v) is 7.24. The predicted molar refractivity (Wildman–Crippen MR) is 76.2 cm³/mol. The summed E-state index contributed by atoms with van der Waals surface area (Å²) in [7, 11) is -4.00. The molecule has 8 heteroatoms. The van der Waals surface area contributed by atoms with E-state index in [4.69, 9.17) is 5.73 Å². The number of benzene rings is 1. The molecule has 1 aliphatic heterocycles. The minimum atomic E-state index is -4.00. The first-order chi connectivity index (χ1) is 9.73. The highest BCUT2D eigenvalue weighted by atomic mass is 32.2. The van der Waals surface area contributed by atoms with E-state index in [1.54, 1.807) is 0 Å². The van der Waals surface area contributed by atoms with Crippen LogP contribution >= 0.6 is 0 Å². The van der Waals surface area contributed by atoms with Crippen molar-refractivity contribution >= 4 is 15.7 Å². The summed E-state index contributed by atoms with van der Waals surface area (Å²) in [6.45, 7) is 5.77. The minimum Gasteiger partial charge on any atom is -0.396 e. The van der Waals surface area contributed by atoms with E-state index in [2.05, 4.69) is 4.90 Å². The highest BCUT2D eigenvalue weighted by Crippen LogP contribution is 2.25. The quantitative estimate of drug-likeness (QED) is 0.852. The summed E-state index contributed by atoms with van der Waals surface area (Å²) in [4.78, 5) is 1.57. The van der Waals surface area contributed by atoms with Crippen molar-refractivity contribution in [1.82, 2.24) is 9.21 Å². The van der Waals surface area contributed by atoms with Gasteiger partial charge in [0, 0.05) is 38.3 Å². The molecule has 2 rings (SSSR count). The first kappa shape index (κ1) is 16.1. The molecule has 0 atom stereocenters. The number of hydrogen-bond acceptors (Lipinski definition) is 4. The first-order valence-electron chi connectivity index (χ1n) is 6.72. The third-order valence-corrected chi connectivity index (χ3v) is 5.59. The molecule has 1 saturated heterocycles. The van der Waals surface area contributed by atoms with Crippen LogP contribution in [0.15, 0.2) is 17.0 Å². The number of hydrogen-bond donors (Lipinski definition) is 1. The molecule has 0 saturated carbocycles. The van der Waals surface area contributed by atoms with Crippen molar-refractivity contribution in [1.29, 1.82) is 0 Å². The van der Waals surface area contributed by atoms with Crippen LogP contribution in [-0.2, 0) is 10.0 Å². The SMILES string of the molecule is CC(C)N1CCN(S(=O)(=O)c2cc(N)c(F)cc2F)CC1. The van der Waals surface area contributed by atoms with Gasteiger partial charge in [0.15, 0.2) is 0 Å². The standard InChI is InChI=1S/C13H19F2N3O2S/c1-9(2)17-3-5-18(6-4-17)21(19,20)13-8-12(16)10(14)7-11(13)15/h7-9H,3-6,16H2,1-2H3. The molecule has 0 aromatic heterocycles. The summed E-state index contributed by atoms with van der Waals surface area (Å²) in [5.41, 5.74) is 4.97. The maximum absolute atomic E-state index is 13.8. The van der Waals surface area contributed by atoms with Crippen LogP contribution in [-0.4, -0.2) is 49.8 Å². The molecular weight excluding hydrogens is 300 g/mol. The number of nitrogens with two attached hydrogens (primary N) is 1. The van der Waals surface area contributed by atoms with Crippen molar-refractivity contribution in [3.8, 4) is 0 Å². The largest absolute Gasteiger partial charge is 0.396 e. The molecule has 1 fully saturated rings. The van der Waals surface area contributed by atoms with Crippen LogP contribution < -0.4 is 5.73 Å². The monoisotopic (exact) mass is 319 g/mol. The number of rotatable bonds is 3. The zero-order chi connectivity index (χ0) is 15.8. The molecule has 0 unspecified atom stereocenters. The maximum atomic E-state index is 13.8. The predicted octanol–water partition coefficient (Wildman–Crippen LogP) is 1.26. The summed E-state index contributed by atoms with van der Waals surface area (Å²) in [5, 5.41) is 0. The summed E-state index contributed by atoms with van der Waals surface area (Å²) < 4.78 is 53.0. The molecule has 1 heterocycles. The Balaban J connectivity index is 2.26. The lowest BCUT2D eigenvalue weighted by Crippen LogP contribution is -2.50. The Morgan fingerprint density at radius 3 is 2.19 bits per heavy atom. The van der Waals surface area contributed by atoms with Gasteiger partial charge in [-0.05, 0) is 19.9 Å². The molecule has 1 aromatic rings. The van der Waals surface area contributed by atoms with Gasteiger partial charge < -0.3 is 5.73 Å². The third kappa shape index (κ3) is 3.17. The third-order valence-electron chi connectivity index (χ3n) is 3.67. The Morgan fingerprint density at radius 1 is 1.10 bits per heavy atom. The fourth-order valence-corrected chi connectivity index (χ4v) is 3.85. The van der Waals surface area contributed by atoms with Crippen LogP contribution in [0.5, 0.6) is 0 Å². The Kier molecular flexibility index (Phi) is 4.50. The van der Waals surface area contributed by atoms with Gasteiger partial charge in [-0.3, -0.25) is 4.90 Å². The van der Waals surface area contributed by atoms with E-state index in [0.29, 0.717) is 25.2 Å². The van der Waals surface area contributed by atoms with Crippen LogP contribution in [0.3, 0.4) is 0 Å². The van der Waals surface area contributed by atoms with Gasteiger partial charge in [-0.15, -0.1) is 0 Å². The minimum absolute atomic E-state index is 0.275. The van der Waals surface area contributed by atoms with Gasteiger partial charge in [0.1, 0.15) is 16.5 Å². The Bertz CT molecular complexity index is 627. The first-order valence-corrected chi connectivity index (χ1v) is 8.16. The topological polar surface area (TPSA) is 66.6 Å². The molecule has 118 valence electrons. The van der Waals surface area contributed by atoms with Crippen LogP contribution in [0, 0.1) is 11.6 Å². The highest BCUT2D eigenvalue weighted by Gasteiger charge is 2.31. The molecule has 2 N–H and O–H groups in total. The van der Waals surface area contributed by atoms with Crippen molar-refractivity contribution in [3.63, 3.8) is 0 Å². The number of nitrogens with zero attached hydrogens (tertiary/aromatic N) is 2. The normalized spacial score (nSPS) is 18.3. The number of nitrogen functional groups attached to an aromatic ring is 1. The molecule has 0 aliphatic carbocycles. The van der Waals surface area contributed by atoms with Gasteiger partial charge in [0.25, 0.3) is 0 Å². The van der Waals surface area contributed by atoms with Crippen LogP contribution in [0.2, 0.25) is 0 Å². The number of anilines is 1. The zero-order valence-corrected chi connectivity index (χ0v) is 12.8. The average Bonchev–Trinajstić information content (AvgIpc) is 2.42. The maximum Gasteiger partial charge on any atom is 0.246 e. The zero-order valence-electron chi connectivity index (χ0n) is 12.0. The van der Waals surface area contributed by atoms with Crippen LogP contribution in [0.4, 0.5) is 14.5 Å². The second kappa shape index (κ2) is 5.86. The Hall–Kier alpha value is -1.25. The average molecular weight is 319 g/mol. The van der Waals surface area contributed by atoms with Crippen molar-refractivity contribution in [2.45, 2.75) is 24.8 Å². The molecule has 0 spiro atoms. The van der Waals surface area contributed by atoms with Crippen molar-refractivity contribution < 1.29 is 17.2 Å². The number of piperazine rings is 1. The summed E-state index contributed by atoms with van der Waals surface area (Å²) in [5.74, 6) is -2.08. The van der Waals surface area contributed by atoms with Gasteiger partial charge in [0.2, 0.25) is 10.0 Å². The van der Waals surface area contributed by atoms with Gasteiger partial charge in [0.05, 0.1) is 5.69 Å². The Labute approximate surface area is 123 Å². The van der Waals surface area contributed by atoms with Gasteiger partial charge >= 0.3 is 0 Å². The second-order valence-electron chi connectivity index (χ2n) is 5.34. The van der Waals surface area contributed by atoms with Crippen molar-refractivity contribution in [3.05, 3.63) is 23.8 Å². The smallest absolute Gasteiger partial charge is 0.246 e. The molecule has 5 nitrogen and oxygen atoms in total. The molecular formula is C13H19F2N3O2S. The highest BCUT2D eigenvalue weighted by molar-refractivity contribution is 7.89. The summed E-state index contributed by atoms with van der Waals surface area (Å²) >= 11 is 0. The van der Waals surface area contributed by atoms with Crippen LogP contribution in [0.25, 0.3) is 0 Å². The van der Waals surface area contributed by atoms with E-state index in [1.807, 2.05) is 13.8 Å². The lowest BCUT2D eigenvalue weighted by Gasteiger charge is -2.36. The van der Waals surface area contributed by atoms with Crippen LogP contribution in [0.1, 0.15) is 13.8 Å². The van der Waals surface area contributed by atoms with Gasteiger partial charge in [-0.25, -0.2) is 17.2 Å². The summed E-state index contributed by atoms with van der Waals surface area (Å²) in [6, 6.07) is 1.68.